The molecule has 114 valence electrons. The van der Waals surface area contributed by atoms with Crippen molar-refractivity contribution >= 4 is 10.0 Å². The Morgan fingerprint density at radius 2 is 1.90 bits per heavy atom. The van der Waals surface area contributed by atoms with Crippen molar-refractivity contribution < 1.29 is 17.9 Å². The minimum Gasteiger partial charge on any atom is -0.392 e. The molecule has 1 rings (SSSR count). The highest BCUT2D eigenvalue weighted by Crippen LogP contribution is 2.28. The van der Waals surface area contributed by atoms with Crippen LogP contribution in [0.3, 0.4) is 0 Å². The summed E-state index contributed by atoms with van der Waals surface area (Å²) in [7, 11) is -2.21. The molecular formula is C14H22FNO3S. The van der Waals surface area contributed by atoms with Crippen LogP contribution in [-0.4, -0.2) is 30.9 Å². The standard InChI is InChI=1S/C14H22FNO3S/c1-10(14(2,3)4)16(5)20(18,19)12-6-7-13(15)11(8-12)9-17/h6-8,10,17H,9H2,1-5H3. The first-order chi connectivity index (χ1) is 9.01. The normalized spacial score (nSPS) is 14.6. The van der Waals surface area contributed by atoms with Gasteiger partial charge in [-0.2, -0.15) is 4.31 Å². The number of hydrogen-bond acceptors (Lipinski definition) is 3. The molecule has 0 bridgehead atoms. The molecule has 0 heterocycles. The molecule has 0 aliphatic carbocycles. The van der Waals surface area contributed by atoms with Crippen molar-refractivity contribution in [3.8, 4) is 0 Å². The first-order valence-corrected chi connectivity index (χ1v) is 7.83. The van der Waals surface area contributed by atoms with Crippen molar-refractivity contribution in [1.29, 1.82) is 0 Å². The summed E-state index contributed by atoms with van der Waals surface area (Å²) in [5, 5.41) is 9.04. The highest BCUT2D eigenvalue weighted by atomic mass is 32.2. The van der Waals surface area contributed by atoms with Gasteiger partial charge in [-0.05, 0) is 30.5 Å². The maximum atomic E-state index is 13.3. The van der Waals surface area contributed by atoms with Crippen LogP contribution < -0.4 is 0 Å². The van der Waals surface area contributed by atoms with Gasteiger partial charge in [-0.3, -0.25) is 0 Å². The summed E-state index contributed by atoms with van der Waals surface area (Å²) < 4.78 is 39.7. The van der Waals surface area contributed by atoms with Gasteiger partial charge in [-0.15, -0.1) is 0 Å². The summed E-state index contributed by atoms with van der Waals surface area (Å²) in [6.45, 7) is 7.15. The van der Waals surface area contributed by atoms with Gasteiger partial charge in [-0.1, -0.05) is 20.8 Å². The van der Waals surface area contributed by atoms with Gasteiger partial charge >= 0.3 is 0 Å². The van der Waals surface area contributed by atoms with Crippen LogP contribution >= 0.6 is 0 Å². The van der Waals surface area contributed by atoms with E-state index in [1.165, 1.54) is 23.5 Å². The Hall–Kier alpha value is -0.980. The van der Waals surface area contributed by atoms with Crippen LogP contribution in [0.5, 0.6) is 0 Å². The number of rotatable bonds is 4. The number of benzene rings is 1. The zero-order valence-electron chi connectivity index (χ0n) is 12.5. The summed E-state index contributed by atoms with van der Waals surface area (Å²) in [5.74, 6) is -0.613. The maximum absolute atomic E-state index is 13.3. The second kappa shape index (κ2) is 5.79. The van der Waals surface area contributed by atoms with Gasteiger partial charge in [0, 0.05) is 18.7 Å². The Morgan fingerprint density at radius 1 is 1.35 bits per heavy atom. The van der Waals surface area contributed by atoms with Crippen LogP contribution in [0.25, 0.3) is 0 Å². The largest absolute Gasteiger partial charge is 0.392 e. The Morgan fingerprint density at radius 3 is 2.35 bits per heavy atom. The maximum Gasteiger partial charge on any atom is 0.243 e. The molecule has 1 aromatic rings. The van der Waals surface area contributed by atoms with Gasteiger partial charge in [0.1, 0.15) is 5.82 Å². The quantitative estimate of drug-likeness (QED) is 0.929. The Labute approximate surface area is 120 Å². The average Bonchev–Trinajstić information content (AvgIpc) is 2.36. The lowest BCUT2D eigenvalue weighted by atomic mass is 9.88. The van der Waals surface area contributed by atoms with Gasteiger partial charge in [0.25, 0.3) is 0 Å². The van der Waals surface area contributed by atoms with E-state index in [9.17, 15) is 12.8 Å². The van der Waals surface area contributed by atoms with Crippen molar-refractivity contribution in [2.24, 2.45) is 5.41 Å². The number of hydrogen-bond donors (Lipinski definition) is 1. The van der Waals surface area contributed by atoms with Crippen LogP contribution in [0.2, 0.25) is 0 Å². The predicted molar refractivity (Wildman–Crippen MR) is 76.2 cm³/mol. The molecule has 20 heavy (non-hydrogen) atoms. The van der Waals surface area contributed by atoms with E-state index < -0.39 is 22.4 Å². The van der Waals surface area contributed by atoms with E-state index in [1.54, 1.807) is 0 Å². The van der Waals surface area contributed by atoms with Crippen LogP contribution in [0.1, 0.15) is 33.3 Å². The van der Waals surface area contributed by atoms with Gasteiger partial charge in [-0.25, -0.2) is 12.8 Å². The Bertz CT molecular complexity index is 579. The number of halogens is 1. The van der Waals surface area contributed by atoms with E-state index in [2.05, 4.69) is 0 Å². The molecule has 6 heteroatoms. The summed E-state index contributed by atoms with van der Waals surface area (Å²) in [6.07, 6.45) is 0. The first kappa shape index (κ1) is 17.1. The third-order valence-corrected chi connectivity index (χ3v) is 5.59. The van der Waals surface area contributed by atoms with Crippen molar-refractivity contribution in [2.45, 2.75) is 45.2 Å². The SMILES string of the molecule is CC(N(C)S(=O)(=O)c1ccc(F)c(CO)c1)C(C)(C)C. The average molecular weight is 303 g/mol. The van der Waals surface area contributed by atoms with Crippen molar-refractivity contribution in [1.82, 2.24) is 4.31 Å². The molecule has 1 atom stereocenters. The molecular weight excluding hydrogens is 281 g/mol. The molecule has 0 fully saturated rings. The molecule has 0 saturated carbocycles. The fourth-order valence-electron chi connectivity index (χ4n) is 1.75. The monoisotopic (exact) mass is 303 g/mol. The lowest BCUT2D eigenvalue weighted by Crippen LogP contribution is -2.42. The van der Waals surface area contributed by atoms with Crippen molar-refractivity contribution in [2.75, 3.05) is 7.05 Å². The molecule has 0 aliphatic rings. The minimum atomic E-state index is -3.72. The smallest absolute Gasteiger partial charge is 0.243 e. The van der Waals surface area contributed by atoms with Crippen LogP contribution in [0.15, 0.2) is 23.1 Å². The third kappa shape index (κ3) is 3.37. The van der Waals surface area contributed by atoms with Crippen molar-refractivity contribution in [3.05, 3.63) is 29.6 Å². The number of aliphatic hydroxyl groups excluding tert-OH is 1. The molecule has 4 nitrogen and oxygen atoms in total. The lowest BCUT2D eigenvalue weighted by molar-refractivity contribution is 0.216. The highest BCUT2D eigenvalue weighted by Gasteiger charge is 2.32. The second-order valence-corrected chi connectivity index (χ2v) is 7.97. The van der Waals surface area contributed by atoms with Gasteiger partial charge in [0.2, 0.25) is 10.0 Å². The van der Waals surface area contributed by atoms with E-state index >= 15 is 0 Å². The molecule has 0 aromatic heterocycles. The fourth-order valence-corrected chi connectivity index (χ4v) is 3.35. The third-order valence-electron chi connectivity index (χ3n) is 3.66. The van der Waals surface area contributed by atoms with E-state index in [1.807, 2.05) is 27.7 Å². The molecule has 0 amide bonds. The Balaban J connectivity index is 3.23. The zero-order valence-corrected chi connectivity index (χ0v) is 13.3. The van der Waals surface area contributed by atoms with Crippen LogP contribution in [0.4, 0.5) is 4.39 Å². The fraction of sp³-hybridized carbons (Fsp3) is 0.571. The summed E-state index contributed by atoms with van der Waals surface area (Å²) in [6, 6.07) is 3.23. The first-order valence-electron chi connectivity index (χ1n) is 6.39. The minimum absolute atomic E-state index is 0.0125. The van der Waals surface area contributed by atoms with Crippen molar-refractivity contribution in [3.63, 3.8) is 0 Å². The molecule has 0 radical (unpaired) electrons. The van der Waals surface area contributed by atoms with Gasteiger partial charge in [0.05, 0.1) is 11.5 Å². The summed E-state index contributed by atoms with van der Waals surface area (Å²) in [4.78, 5) is -0.0125. The van der Waals surface area contributed by atoms with E-state index in [0.29, 0.717) is 0 Å². The summed E-state index contributed by atoms with van der Waals surface area (Å²) in [5.41, 5.74) is -0.246. The predicted octanol–water partition coefficient (Wildman–Crippen LogP) is 2.37. The number of aliphatic hydroxyl groups is 1. The number of sulfonamides is 1. The second-order valence-electron chi connectivity index (χ2n) is 5.97. The highest BCUT2D eigenvalue weighted by molar-refractivity contribution is 7.89. The van der Waals surface area contributed by atoms with Gasteiger partial charge < -0.3 is 5.11 Å². The topological polar surface area (TPSA) is 57.6 Å². The molecule has 1 aromatic carbocycles. The molecule has 0 spiro atoms. The molecule has 0 aliphatic heterocycles. The summed E-state index contributed by atoms with van der Waals surface area (Å²) >= 11 is 0. The molecule has 1 unspecified atom stereocenters. The van der Waals surface area contributed by atoms with E-state index in [-0.39, 0.29) is 21.9 Å². The molecule has 0 saturated heterocycles. The van der Waals surface area contributed by atoms with Gasteiger partial charge in [0.15, 0.2) is 0 Å². The molecule has 1 N–H and O–H groups in total. The van der Waals surface area contributed by atoms with E-state index in [4.69, 9.17) is 5.11 Å². The van der Waals surface area contributed by atoms with Crippen LogP contribution in [0, 0.1) is 11.2 Å². The number of nitrogens with zero attached hydrogens (tertiary/aromatic N) is 1. The Kier molecular flexibility index (Phi) is 4.94. The van der Waals surface area contributed by atoms with Crippen LogP contribution in [-0.2, 0) is 16.6 Å². The lowest BCUT2D eigenvalue weighted by Gasteiger charge is -2.34. The zero-order chi connectivity index (χ0) is 15.7. The van der Waals surface area contributed by atoms with E-state index in [0.717, 1.165) is 6.07 Å².